The normalized spacial score (nSPS) is 9.67. The summed E-state index contributed by atoms with van der Waals surface area (Å²) < 4.78 is 5.08. The maximum absolute atomic E-state index is 5.08. The summed E-state index contributed by atoms with van der Waals surface area (Å²) >= 11 is 0. The number of aromatic amines is 1. The minimum Gasteiger partial charge on any atom is -0.495 e. The summed E-state index contributed by atoms with van der Waals surface area (Å²) in [6, 6.07) is 0. The van der Waals surface area contributed by atoms with E-state index in [4.69, 9.17) is 4.74 Å². The van der Waals surface area contributed by atoms with E-state index in [1.54, 1.807) is 7.11 Å². The Bertz CT molecular complexity index is 183. The molecule has 1 aromatic rings. The van der Waals surface area contributed by atoms with E-state index in [1.807, 2.05) is 20.0 Å². The lowest BCUT2D eigenvalue weighted by atomic mass is 10.3. The number of aromatic nitrogens is 1. The fourth-order valence-electron chi connectivity index (χ4n) is 0.957. The summed E-state index contributed by atoms with van der Waals surface area (Å²) in [6.45, 7) is 4.01. The highest BCUT2D eigenvalue weighted by Gasteiger charge is 2.01. The third kappa shape index (κ3) is 0.922. The number of aryl methyl sites for hydroxylation is 2. The zero-order chi connectivity index (χ0) is 6.85. The van der Waals surface area contributed by atoms with Gasteiger partial charge in [-0.2, -0.15) is 0 Å². The average Bonchev–Trinajstić information content (AvgIpc) is 2.12. The highest BCUT2D eigenvalue weighted by Crippen LogP contribution is 2.20. The SMILES string of the molecule is COc1c(C)c[nH]c1C. The largest absolute Gasteiger partial charge is 0.495 e. The molecule has 0 aliphatic carbocycles. The maximum Gasteiger partial charge on any atom is 0.142 e. The van der Waals surface area contributed by atoms with Crippen LogP contribution in [-0.4, -0.2) is 12.1 Å². The molecular weight excluding hydrogens is 114 g/mol. The smallest absolute Gasteiger partial charge is 0.142 e. The summed E-state index contributed by atoms with van der Waals surface area (Å²) in [7, 11) is 1.68. The Morgan fingerprint density at radius 2 is 2.11 bits per heavy atom. The molecule has 0 spiro atoms. The molecule has 0 aromatic carbocycles. The van der Waals surface area contributed by atoms with Crippen LogP contribution in [-0.2, 0) is 0 Å². The number of rotatable bonds is 1. The molecule has 0 saturated heterocycles. The van der Waals surface area contributed by atoms with Gasteiger partial charge >= 0.3 is 0 Å². The lowest BCUT2D eigenvalue weighted by Gasteiger charge is -1.97. The van der Waals surface area contributed by atoms with E-state index in [0.29, 0.717) is 0 Å². The molecule has 0 radical (unpaired) electrons. The molecule has 2 heteroatoms. The van der Waals surface area contributed by atoms with Gasteiger partial charge in [0.05, 0.1) is 12.8 Å². The van der Waals surface area contributed by atoms with E-state index in [-0.39, 0.29) is 0 Å². The third-order valence-corrected chi connectivity index (χ3v) is 1.41. The van der Waals surface area contributed by atoms with Crippen molar-refractivity contribution in [3.8, 4) is 5.75 Å². The van der Waals surface area contributed by atoms with Crippen molar-refractivity contribution in [3.05, 3.63) is 17.5 Å². The predicted octanol–water partition coefficient (Wildman–Crippen LogP) is 1.64. The monoisotopic (exact) mass is 125 g/mol. The van der Waals surface area contributed by atoms with E-state index in [0.717, 1.165) is 17.0 Å². The quantitative estimate of drug-likeness (QED) is 0.606. The van der Waals surface area contributed by atoms with E-state index in [9.17, 15) is 0 Å². The van der Waals surface area contributed by atoms with Gasteiger partial charge in [-0.15, -0.1) is 0 Å². The molecule has 0 fully saturated rings. The van der Waals surface area contributed by atoms with Crippen molar-refractivity contribution in [2.45, 2.75) is 13.8 Å². The van der Waals surface area contributed by atoms with Crippen LogP contribution in [0.2, 0.25) is 0 Å². The van der Waals surface area contributed by atoms with E-state index in [2.05, 4.69) is 4.98 Å². The summed E-state index contributed by atoms with van der Waals surface area (Å²) in [6.07, 6.45) is 1.94. The van der Waals surface area contributed by atoms with Crippen LogP contribution in [0.5, 0.6) is 5.75 Å². The molecule has 1 aromatic heterocycles. The second-order valence-corrected chi connectivity index (χ2v) is 2.13. The highest BCUT2D eigenvalue weighted by atomic mass is 16.5. The van der Waals surface area contributed by atoms with Gasteiger partial charge in [0, 0.05) is 11.8 Å². The van der Waals surface area contributed by atoms with Crippen LogP contribution in [0.1, 0.15) is 11.3 Å². The average molecular weight is 125 g/mol. The first-order chi connectivity index (χ1) is 4.25. The molecule has 1 rings (SSSR count). The molecule has 0 amide bonds. The molecule has 0 saturated carbocycles. The van der Waals surface area contributed by atoms with Crippen molar-refractivity contribution < 1.29 is 4.74 Å². The lowest BCUT2D eigenvalue weighted by molar-refractivity contribution is 0.409. The van der Waals surface area contributed by atoms with Crippen LogP contribution in [0.15, 0.2) is 6.20 Å². The predicted molar refractivity (Wildman–Crippen MR) is 36.8 cm³/mol. The van der Waals surface area contributed by atoms with Gasteiger partial charge in [0.15, 0.2) is 0 Å². The first-order valence-corrected chi connectivity index (χ1v) is 2.94. The van der Waals surface area contributed by atoms with Gasteiger partial charge < -0.3 is 9.72 Å². The van der Waals surface area contributed by atoms with Gasteiger partial charge in [0.25, 0.3) is 0 Å². The Balaban J connectivity index is 3.07. The second-order valence-electron chi connectivity index (χ2n) is 2.13. The Kier molecular flexibility index (Phi) is 1.47. The molecule has 0 aliphatic heterocycles. The Labute approximate surface area is 54.8 Å². The van der Waals surface area contributed by atoms with Crippen LogP contribution < -0.4 is 4.74 Å². The van der Waals surface area contributed by atoms with Gasteiger partial charge in [-0.25, -0.2) is 0 Å². The first-order valence-electron chi connectivity index (χ1n) is 2.94. The Morgan fingerprint density at radius 3 is 2.33 bits per heavy atom. The summed E-state index contributed by atoms with van der Waals surface area (Å²) in [5.41, 5.74) is 2.25. The number of nitrogens with one attached hydrogen (secondary N) is 1. The molecule has 2 nitrogen and oxygen atoms in total. The second kappa shape index (κ2) is 2.13. The summed E-state index contributed by atoms with van der Waals surface area (Å²) in [5.74, 6) is 0.968. The molecule has 0 unspecified atom stereocenters. The van der Waals surface area contributed by atoms with Gasteiger partial charge in [0.1, 0.15) is 5.75 Å². The van der Waals surface area contributed by atoms with Gasteiger partial charge in [-0.05, 0) is 13.8 Å². The van der Waals surface area contributed by atoms with Gasteiger partial charge in [0.2, 0.25) is 0 Å². The highest BCUT2D eigenvalue weighted by molar-refractivity contribution is 5.35. The minimum atomic E-state index is 0.968. The first kappa shape index (κ1) is 6.20. The van der Waals surface area contributed by atoms with Crippen molar-refractivity contribution in [1.29, 1.82) is 0 Å². The zero-order valence-electron chi connectivity index (χ0n) is 5.99. The van der Waals surface area contributed by atoms with E-state index >= 15 is 0 Å². The third-order valence-electron chi connectivity index (χ3n) is 1.41. The number of hydrogen-bond donors (Lipinski definition) is 1. The summed E-state index contributed by atoms with van der Waals surface area (Å²) in [5, 5.41) is 0. The maximum atomic E-state index is 5.08. The number of H-pyrrole nitrogens is 1. The van der Waals surface area contributed by atoms with Crippen LogP contribution in [0.4, 0.5) is 0 Å². The standard InChI is InChI=1S/C7H11NO/c1-5-4-8-6(2)7(5)9-3/h4,8H,1-3H3. The van der Waals surface area contributed by atoms with Gasteiger partial charge in [-0.3, -0.25) is 0 Å². The number of hydrogen-bond acceptors (Lipinski definition) is 1. The lowest BCUT2D eigenvalue weighted by Crippen LogP contribution is -1.83. The van der Waals surface area contributed by atoms with Crippen molar-refractivity contribution >= 4 is 0 Å². The number of ether oxygens (including phenoxy) is 1. The summed E-state index contributed by atoms with van der Waals surface area (Å²) in [4.78, 5) is 3.06. The fourth-order valence-corrected chi connectivity index (χ4v) is 0.957. The Hall–Kier alpha value is -0.920. The molecule has 50 valence electrons. The van der Waals surface area contributed by atoms with Crippen molar-refractivity contribution in [3.63, 3.8) is 0 Å². The van der Waals surface area contributed by atoms with Crippen molar-refractivity contribution in [2.75, 3.05) is 7.11 Å². The molecule has 0 atom stereocenters. The molecule has 0 aliphatic rings. The minimum absolute atomic E-state index is 0.968. The van der Waals surface area contributed by atoms with Crippen LogP contribution in [0.3, 0.4) is 0 Å². The fraction of sp³-hybridized carbons (Fsp3) is 0.429. The van der Waals surface area contributed by atoms with Crippen LogP contribution >= 0.6 is 0 Å². The molecular formula is C7H11NO. The topological polar surface area (TPSA) is 25.0 Å². The van der Waals surface area contributed by atoms with E-state index < -0.39 is 0 Å². The molecule has 1 heterocycles. The van der Waals surface area contributed by atoms with Gasteiger partial charge in [-0.1, -0.05) is 0 Å². The molecule has 9 heavy (non-hydrogen) atoms. The van der Waals surface area contributed by atoms with Crippen LogP contribution in [0.25, 0.3) is 0 Å². The Morgan fingerprint density at radius 1 is 1.44 bits per heavy atom. The van der Waals surface area contributed by atoms with Crippen LogP contribution in [0, 0.1) is 13.8 Å². The van der Waals surface area contributed by atoms with Crippen molar-refractivity contribution in [2.24, 2.45) is 0 Å². The molecule has 0 bridgehead atoms. The number of methoxy groups -OCH3 is 1. The molecule has 1 N–H and O–H groups in total. The van der Waals surface area contributed by atoms with E-state index in [1.165, 1.54) is 0 Å². The van der Waals surface area contributed by atoms with Crippen molar-refractivity contribution in [1.82, 2.24) is 4.98 Å². The zero-order valence-corrected chi connectivity index (χ0v) is 5.99.